The quantitative estimate of drug-likeness (QED) is 0.557. The lowest BCUT2D eigenvalue weighted by molar-refractivity contribution is 0.230. The second-order valence-corrected chi connectivity index (χ2v) is 7.02. The van der Waals surface area contributed by atoms with Gasteiger partial charge in [0.15, 0.2) is 0 Å². The molecular formula is C22H20FN5O. The molecule has 0 saturated carbocycles. The molecule has 0 saturated heterocycles. The maximum absolute atomic E-state index is 13.8. The molecule has 2 amide bonds. The van der Waals surface area contributed by atoms with Crippen LogP contribution in [0.15, 0.2) is 61.2 Å². The van der Waals surface area contributed by atoms with Crippen LogP contribution in [-0.2, 0) is 0 Å². The van der Waals surface area contributed by atoms with E-state index >= 15 is 0 Å². The van der Waals surface area contributed by atoms with Crippen molar-refractivity contribution in [2.45, 2.75) is 6.92 Å². The third kappa shape index (κ3) is 3.67. The summed E-state index contributed by atoms with van der Waals surface area (Å²) in [5, 5.41) is 2.83. The number of fused-ring (bicyclic) bond motifs is 1. The van der Waals surface area contributed by atoms with E-state index in [4.69, 9.17) is 0 Å². The summed E-state index contributed by atoms with van der Waals surface area (Å²) in [6, 6.07) is 10.4. The average Bonchev–Trinajstić information content (AvgIpc) is 3.18. The van der Waals surface area contributed by atoms with Gasteiger partial charge in [0, 0.05) is 49.4 Å². The molecule has 4 aromatic rings. The van der Waals surface area contributed by atoms with Crippen molar-refractivity contribution in [3.05, 3.63) is 72.6 Å². The number of nitrogens with zero attached hydrogens (tertiary/aromatic N) is 4. The van der Waals surface area contributed by atoms with Crippen LogP contribution in [0.5, 0.6) is 0 Å². The van der Waals surface area contributed by atoms with Gasteiger partial charge in [-0.25, -0.2) is 14.2 Å². The van der Waals surface area contributed by atoms with Crippen molar-refractivity contribution in [2.75, 3.05) is 19.4 Å². The van der Waals surface area contributed by atoms with E-state index in [1.165, 1.54) is 11.0 Å². The Balaban J connectivity index is 1.87. The second-order valence-electron chi connectivity index (χ2n) is 7.02. The van der Waals surface area contributed by atoms with Crippen LogP contribution in [0.3, 0.4) is 0 Å². The Morgan fingerprint density at radius 2 is 1.90 bits per heavy atom. The molecule has 0 radical (unpaired) electrons. The van der Waals surface area contributed by atoms with Gasteiger partial charge >= 0.3 is 6.03 Å². The lowest BCUT2D eigenvalue weighted by Gasteiger charge is -2.15. The van der Waals surface area contributed by atoms with Crippen molar-refractivity contribution in [2.24, 2.45) is 0 Å². The smallest absolute Gasteiger partial charge is 0.321 e. The number of anilines is 1. The molecule has 0 fully saturated rings. The Labute approximate surface area is 167 Å². The van der Waals surface area contributed by atoms with Gasteiger partial charge in [-0.2, -0.15) is 0 Å². The first-order valence-corrected chi connectivity index (χ1v) is 9.10. The standard InChI is InChI=1S/C22H20FN5O/c1-14-10-15(4-6-19(14)23)21-18(11-17(12-25-21)26-22(29)27(2)3)16-5-7-20-24-8-9-28(20)13-16/h4-13H,1-3H3,(H,26,29). The fraction of sp³-hybridized carbons (Fsp3) is 0.136. The third-order valence-corrected chi connectivity index (χ3v) is 4.68. The highest BCUT2D eigenvalue weighted by atomic mass is 19.1. The number of rotatable bonds is 3. The van der Waals surface area contributed by atoms with Crippen LogP contribution in [-0.4, -0.2) is 39.4 Å². The number of amides is 2. The normalized spacial score (nSPS) is 10.9. The van der Waals surface area contributed by atoms with Gasteiger partial charge in [0.05, 0.1) is 17.6 Å². The fourth-order valence-corrected chi connectivity index (χ4v) is 3.09. The summed E-state index contributed by atoms with van der Waals surface area (Å²) >= 11 is 0. The van der Waals surface area contributed by atoms with Crippen LogP contribution in [0, 0.1) is 12.7 Å². The van der Waals surface area contributed by atoms with Crippen molar-refractivity contribution in [1.82, 2.24) is 19.3 Å². The minimum absolute atomic E-state index is 0.242. The number of halogens is 1. The SMILES string of the molecule is Cc1cc(-c2ncc(NC(=O)N(C)C)cc2-c2ccc3nccn3c2)ccc1F. The second kappa shape index (κ2) is 7.35. The predicted octanol–water partition coefficient (Wildman–Crippen LogP) is 4.60. The van der Waals surface area contributed by atoms with Crippen molar-refractivity contribution >= 4 is 17.4 Å². The summed E-state index contributed by atoms with van der Waals surface area (Å²) in [5.74, 6) is -0.259. The van der Waals surface area contributed by atoms with Gasteiger partial charge in [-0.05, 0) is 48.9 Å². The lowest BCUT2D eigenvalue weighted by Crippen LogP contribution is -2.27. The number of imidazole rings is 1. The summed E-state index contributed by atoms with van der Waals surface area (Å²) in [6.07, 6.45) is 7.16. The van der Waals surface area contributed by atoms with E-state index < -0.39 is 0 Å². The van der Waals surface area contributed by atoms with Crippen LogP contribution in [0.4, 0.5) is 14.9 Å². The maximum Gasteiger partial charge on any atom is 0.321 e. The van der Waals surface area contributed by atoms with E-state index in [2.05, 4.69) is 15.3 Å². The molecule has 4 rings (SSSR count). The lowest BCUT2D eigenvalue weighted by atomic mass is 9.99. The monoisotopic (exact) mass is 389 g/mol. The van der Waals surface area contributed by atoms with E-state index in [1.807, 2.05) is 35.0 Å². The first kappa shape index (κ1) is 18.6. The first-order valence-electron chi connectivity index (χ1n) is 9.10. The van der Waals surface area contributed by atoms with Gasteiger partial charge in [0.25, 0.3) is 0 Å². The average molecular weight is 389 g/mol. The Morgan fingerprint density at radius 3 is 2.66 bits per heavy atom. The van der Waals surface area contributed by atoms with Gasteiger partial charge in [-0.15, -0.1) is 0 Å². The van der Waals surface area contributed by atoms with Crippen molar-refractivity contribution in [3.8, 4) is 22.4 Å². The Morgan fingerprint density at radius 1 is 1.10 bits per heavy atom. The van der Waals surface area contributed by atoms with E-state index in [1.54, 1.807) is 45.5 Å². The molecule has 1 N–H and O–H groups in total. The first-order chi connectivity index (χ1) is 13.9. The van der Waals surface area contributed by atoms with Gasteiger partial charge in [-0.1, -0.05) is 0 Å². The zero-order valence-electron chi connectivity index (χ0n) is 16.3. The van der Waals surface area contributed by atoms with Gasteiger partial charge in [0.1, 0.15) is 11.5 Å². The molecule has 7 heteroatoms. The van der Waals surface area contributed by atoms with Crippen molar-refractivity contribution in [3.63, 3.8) is 0 Å². The molecule has 1 aromatic carbocycles. The molecule has 0 spiro atoms. The fourth-order valence-electron chi connectivity index (χ4n) is 3.09. The number of benzene rings is 1. The van der Waals surface area contributed by atoms with Crippen LogP contribution in [0.1, 0.15) is 5.56 Å². The number of hydrogen-bond acceptors (Lipinski definition) is 3. The summed E-state index contributed by atoms with van der Waals surface area (Å²) in [7, 11) is 3.35. The number of pyridine rings is 2. The van der Waals surface area contributed by atoms with E-state index in [9.17, 15) is 9.18 Å². The number of aromatic nitrogens is 3. The topological polar surface area (TPSA) is 62.5 Å². The number of hydrogen-bond donors (Lipinski definition) is 1. The van der Waals surface area contributed by atoms with E-state index in [0.29, 0.717) is 16.9 Å². The Kier molecular flexibility index (Phi) is 4.72. The number of urea groups is 1. The molecule has 6 nitrogen and oxygen atoms in total. The van der Waals surface area contributed by atoms with Crippen LogP contribution < -0.4 is 5.32 Å². The van der Waals surface area contributed by atoms with Crippen LogP contribution in [0.25, 0.3) is 28.0 Å². The number of carbonyl (C=O) groups is 1. The molecule has 0 aliphatic heterocycles. The van der Waals surface area contributed by atoms with Crippen molar-refractivity contribution < 1.29 is 9.18 Å². The minimum Gasteiger partial charge on any atom is -0.331 e. The van der Waals surface area contributed by atoms with Crippen molar-refractivity contribution in [1.29, 1.82) is 0 Å². The molecule has 3 aromatic heterocycles. The molecule has 146 valence electrons. The summed E-state index contributed by atoms with van der Waals surface area (Å²) < 4.78 is 15.7. The molecule has 0 atom stereocenters. The maximum atomic E-state index is 13.8. The van der Waals surface area contributed by atoms with E-state index in [-0.39, 0.29) is 11.8 Å². The Hall–Kier alpha value is -3.74. The highest BCUT2D eigenvalue weighted by molar-refractivity contribution is 5.91. The number of carbonyl (C=O) groups excluding carboxylic acids is 1. The highest BCUT2D eigenvalue weighted by Gasteiger charge is 2.14. The minimum atomic E-state index is -0.259. The molecule has 0 unspecified atom stereocenters. The molecular weight excluding hydrogens is 369 g/mol. The van der Waals surface area contributed by atoms with Crippen LogP contribution >= 0.6 is 0 Å². The Bertz CT molecular complexity index is 1220. The molecule has 0 bridgehead atoms. The van der Waals surface area contributed by atoms with Crippen LogP contribution in [0.2, 0.25) is 0 Å². The van der Waals surface area contributed by atoms with Gasteiger partial charge in [-0.3, -0.25) is 4.98 Å². The molecule has 0 aliphatic carbocycles. The van der Waals surface area contributed by atoms with E-state index in [0.717, 1.165) is 22.3 Å². The summed E-state index contributed by atoms with van der Waals surface area (Å²) in [5.41, 5.74) is 5.19. The molecule has 29 heavy (non-hydrogen) atoms. The predicted molar refractivity (Wildman–Crippen MR) is 111 cm³/mol. The zero-order valence-corrected chi connectivity index (χ0v) is 16.3. The zero-order chi connectivity index (χ0) is 20.5. The number of aryl methyl sites for hydroxylation is 1. The third-order valence-electron chi connectivity index (χ3n) is 4.68. The summed E-state index contributed by atoms with van der Waals surface area (Å²) in [4.78, 5) is 22.4. The molecule has 0 aliphatic rings. The van der Waals surface area contributed by atoms with Gasteiger partial charge in [0.2, 0.25) is 0 Å². The molecule has 3 heterocycles. The summed E-state index contributed by atoms with van der Waals surface area (Å²) in [6.45, 7) is 1.72. The number of nitrogens with one attached hydrogen (secondary N) is 1. The highest BCUT2D eigenvalue weighted by Crippen LogP contribution is 2.33. The largest absolute Gasteiger partial charge is 0.331 e. The van der Waals surface area contributed by atoms with Gasteiger partial charge < -0.3 is 14.6 Å².